The minimum atomic E-state index is 0.830. The smallest absolute Gasteiger partial charge is 0.0622 e. The summed E-state index contributed by atoms with van der Waals surface area (Å²) in [4.78, 5) is 0. The number of benzene rings is 2. The van der Waals surface area contributed by atoms with Crippen LogP contribution in [0.1, 0.15) is 11.1 Å². The maximum absolute atomic E-state index is 3.48. The fourth-order valence-electron chi connectivity index (χ4n) is 1.79. The Hall–Kier alpha value is -0.600. The van der Waals surface area contributed by atoms with E-state index in [0.29, 0.717) is 0 Å². The monoisotopic (exact) mass is 542 g/mol. The van der Waals surface area contributed by atoms with E-state index in [1.165, 1.54) is 0 Å². The first-order valence-corrected chi connectivity index (χ1v) is 9.50. The molecule has 0 saturated heterocycles. The minimum Gasteiger partial charge on any atom is -0.0622 e. The molecule has 110 valence electrons. The zero-order chi connectivity index (χ0) is 15.9. The van der Waals surface area contributed by atoms with Crippen molar-refractivity contribution in [1.29, 1.82) is 0 Å². The van der Waals surface area contributed by atoms with Crippen LogP contribution >= 0.6 is 63.7 Å². The lowest BCUT2D eigenvalue weighted by atomic mass is 10.1. The molecular formula is C18H10Br4. The van der Waals surface area contributed by atoms with Crippen molar-refractivity contribution in [2.75, 3.05) is 0 Å². The Bertz CT molecular complexity index is 689. The van der Waals surface area contributed by atoms with Crippen LogP contribution in [0.25, 0.3) is 11.1 Å². The molecule has 2 aromatic rings. The van der Waals surface area contributed by atoms with E-state index >= 15 is 0 Å². The Balaban J connectivity index is 2.46. The first kappa shape index (κ1) is 17.7. The summed E-state index contributed by atoms with van der Waals surface area (Å²) < 4.78 is 1.66. The molecule has 0 aliphatic rings. The fraction of sp³-hybridized carbons (Fsp3) is 0. The van der Waals surface area contributed by atoms with E-state index in [1.807, 2.05) is 60.7 Å². The van der Waals surface area contributed by atoms with Crippen LogP contribution < -0.4 is 0 Å². The van der Waals surface area contributed by atoms with Crippen LogP contribution in [0.4, 0.5) is 0 Å². The summed E-state index contributed by atoms with van der Waals surface area (Å²) in [7, 11) is 0. The summed E-state index contributed by atoms with van der Waals surface area (Å²) in [6.45, 7) is 0. The lowest BCUT2D eigenvalue weighted by Gasteiger charge is -2.03. The van der Waals surface area contributed by atoms with E-state index < -0.39 is 0 Å². The summed E-state index contributed by atoms with van der Waals surface area (Å²) in [5, 5.41) is 0. The Morgan fingerprint density at radius 3 is 1.14 bits per heavy atom. The first-order chi connectivity index (χ1) is 10.6. The van der Waals surface area contributed by atoms with Crippen LogP contribution in [-0.2, 0) is 0 Å². The lowest BCUT2D eigenvalue weighted by Crippen LogP contribution is -1.84. The SMILES string of the molecule is BrC(Br)=C(C#CC(=C(Br)Br)c1ccccc1)c1ccccc1. The van der Waals surface area contributed by atoms with Gasteiger partial charge >= 0.3 is 0 Å². The van der Waals surface area contributed by atoms with Crippen LogP contribution in [0, 0.1) is 11.8 Å². The molecule has 0 unspecified atom stereocenters. The summed E-state index contributed by atoms with van der Waals surface area (Å²) >= 11 is 13.9. The molecule has 0 fully saturated rings. The maximum Gasteiger partial charge on any atom is 0.0766 e. The van der Waals surface area contributed by atoms with Crippen molar-refractivity contribution in [2.45, 2.75) is 0 Å². The highest BCUT2D eigenvalue weighted by atomic mass is 79.9. The van der Waals surface area contributed by atoms with Gasteiger partial charge in [-0.25, -0.2) is 0 Å². The molecule has 0 amide bonds. The summed E-state index contributed by atoms with van der Waals surface area (Å²) in [5.41, 5.74) is 3.90. The Morgan fingerprint density at radius 2 is 0.864 bits per heavy atom. The molecule has 0 heterocycles. The van der Waals surface area contributed by atoms with Crippen molar-refractivity contribution in [2.24, 2.45) is 0 Å². The molecule has 0 nitrogen and oxygen atoms in total. The number of allylic oxidation sites excluding steroid dienone is 2. The van der Waals surface area contributed by atoms with Gasteiger partial charge in [0.1, 0.15) is 0 Å². The van der Waals surface area contributed by atoms with Crippen LogP contribution in [0.5, 0.6) is 0 Å². The zero-order valence-corrected chi connectivity index (χ0v) is 17.6. The van der Waals surface area contributed by atoms with E-state index in [4.69, 9.17) is 0 Å². The topological polar surface area (TPSA) is 0 Å². The van der Waals surface area contributed by atoms with Crippen LogP contribution in [0.15, 0.2) is 67.4 Å². The van der Waals surface area contributed by atoms with Crippen molar-refractivity contribution in [3.8, 4) is 11.8 Å². The Labute approximate surface area is 164 Å². The van der Waals surface area contributed by atoms with E-state index in [2.05, 4.69) is 75.6 Å². The predicted octanol–water partition coefficient (Wildman–Crippen LogP) is 7.31. The van der Waals surface area contributed by atoms with Gasteiger partial charge in [0.05, 0.1) is 17.9 Å². The zero-order valence-electron chi connectivity index (χ0n) is 11.3. The normalized spacial score (nSPS) is 9.45. The molecule has 0 radical (unpaired) electrons. The van der Waals surface area contributed by atoms with Crippen molar-refractivity contribution < 1.29 is 0 Å². The van der Waals surface area contributed by atoms with E-state index in [-0.39, 0.29) is 0 Å². The van der Waals surface area contributed by atoms with E-state index in [0.717, 1.165) is 29.1 Å². The van der Waals surface area contributed by atoms with Gasteiger partial charge in [0.2, 0.25) is 0 Å². The number of hydrogen-bond donors (Lipinski definition) is 0. The van der Waals surface area contributed by atoms with Gasteiger partial charge in [0.15, 0.2) is 0 Å². The Kier molecular flexibility index (Phi) is 7.17. The van der Waals surface area contributed by atoms with Gasteiger partial charge in [-0.1, -0.05) is 72.5 Å². The summed E-state index contributed by atoms with van der Waals surface area (Å²) in [6.07, 6.45) is 0. The average Bonchev–Trinajstić information content (AvgIpc) is 2.52. The van der Waals surface area contributed by atoms with Crippen molar-refractivity contribution in [3.63, 3.8) is 0 Å². The van der Waals surface area contributed by atoms with Gasteiger partial charge in [-0.2, -0.15) is 0 Å². The molecule has 0 bridgehead atoms. The molecule has 2 aromatic carbocycles. The van der Waals surface area contributed by atoms with Crippen LogP contribution in [0.3, 0.4) is 0 Å². The predicted molar refractivity (Wildman–Crippen MR) is 110 cm³/mol. The summed E-state index contributed by atoms with van der Waals surface area (Å²) in [6, 6.07) is 20.1. The van der Waals surface area contributed by atoms with E-state index in [1.54, 1.807) is 0 Å². The molecule has 0 aliphatic heterocycles. The maximum atomic E-state index is 3.48. The average molecular weight is 546 g/mol. The van der Waals surface area contributed by atoms with Crippen molar-refractivity contribution in [3.05, 3.63) is 78.6 Å². The molecule has 4 heteroatoms. The van der Waals surface area contributed by atoms with Gasteiger partial charge in [0, 0.05) is 0 Å². The van der Waals surface area contributed by atoms with Gasteiger partial charge < -0.3 is 0 Å². The van der Waals surface area contributed by atoms with Gasteiger partial charge in [-0.15, -0.1) is 0 Å². The minimum absolute atomic E-state index is 0.830. The third-order valence-electron chi connectivity index (χ3n) is 2.82. The molecule has 22 heavy (non-hydrogen) atoms. The van der Waals surface area contributed by atoms with Crippen LogP contribution in [-0.4, -0.2) is 0 Å². The number of halogens is 4. The van der Waals surface area contributed by atoms with Gasteiger partial charge in [-0.3, -0.25) is 0 Å². The first-order valence-electron chi connectivity index (χ1n) is 6.33. The highest BCUT2D eigenvalue weighted by Gasteiger charge is 2.05. The highest BCUT2D eigenvalue weighted by molar-refractivity contribution is 9.28. The highest BCUT2D eigenvalue weighted by Crippen LogP contribution is 2.29. The van der Waals surface area contributed by atoms with Gasteiger partial charge in [0.25, 0.3) is 0 Å². The fourth-order valence-corrected chi connectivity index (χ4v) is 3.10. The lowest BCUT2D eigenvalue weighted by molar-refractivity contribution is 1.63. The molecule has 0 atom stereocenters. The molecule has 0 aromatic heterocycles. The molecule has 0 N–H and O–H groups in total. The number of rotatable bonds is 2. The standard InChI is InChI=1S/C18H10Br4/c19-17(20)15(13-7-3-1-4-8-13)11-12-16(18(21)22)14-9-5-2-6-10-14/h1-10H. The molecular weight excluding hydrogens is 536 g/mol. The number of hydrogen-bond acceptors (Lipinski definition) is 0. The van der Waals surface area contributed by atoms with E-state index in [9.17, 15) is 0 Å². The quantitative estimate of drug-likeness (QED) is 0.347. The molecule has 0 aliphatic carbocycles. The van der Waals surface area contributed by atoms with Gasteiger partial charge in [-0.05, 0) is 74.8 Å². The Morgan fingerprint density at radius 1 is 0.545 bits per heavy atom. The third kappa shape index (κ3) is 4.96. The van der Waals surface area contributed by atoms with Crippen LogP contribution in [0.2, 0.25) is 0 Å². The molecule has 2 rings (SSSR count). The molecule has 0 saturated carbocycles. The van der Waals surface area contributed by atoms with Crippen molar-refractivity contribution in [1.82, 2.24) is 0 Å². The van der Waals surface area contributed by atoms with Crippen molar-refractivity contribution >= 4 is 74.9 Å². The third-order valence-corrected chi connectivity index (χ3v) is 4.40. The summed E-state index contributed by atoms with van der Waals surface area (Å²) in [5.74, 6) is 6.47. The second-order valence-electron chi connectivity index (χ2n) is 4.25. The molecule has 0 spiro atoms. The second-order valence-corrected chi connectivity index (χ2v) is 9.55. The largest absolute Gasteiger partial charge is 0.0766 e. The second kappa shape index (κ2) is 8.88.